The largest absolute Gasteiger partial charge is 0.366 e. The van der Waals surface area contributed by atoms with Gasteiger partial charge < -0.3 is 10.6 Å². The predicted molar refractivity (Wildman–Crippen MR) is 118 cm³/mol. The highest BCUT2D eigenvalue weighted by Crippen LogP contribution is 2.14. The summed E-state index contributed by atoms with van der Waals surface area (Å²) in [5.74, 6) is 0.601. The maximum Gasteiger partial charge on any atom is 0.252 e. The van der Waals surface area contributed by atoms with Crippen molar-refractivity contribution in [3.63, 3.8) is 0 Å². The smallest absolute Gasteiger partial charge is 0.252 e. The van der Waals surface area contributed by atoms with E-state index in [1.165, 1.54) is 0 Å². The number of aryl methyl sites for hydroxylation is 1. The molecule has 150 valence electrons. The number of carbonyl (C=O) groups is 1. The van der Waals surface area contributed by atoms with E-state index in [1.807, 2.05) is 54.7 Å². The van der Waals surface area contributed by atoms with E-state index in [9.17, 15) is 4.79 Å². The Morgan fingerprint density at radius 1 is 0.900 bits per heavy atom. The van der Waals surface area contributed by atoms with E-state index in [2.05, 4.69) is 31.7 Å². The number of para-hydroxylation sites is 1. The number of amides is 1. The summed E-state index contributed by atoms with van der Waals surface area (Å²) in [6, 6.07) is 19.6. The van der Waals surface area contributed by atoms with Crippen molar-refractivity contribution in [1.29, 1.82) is 0 Å². The van der Waals surface area contributed by atoms with Gasteiger partial charge in [-0.05, 0) is 54.8 Å². The number of benzene rings is 1. The zero-order valence-electron chi connectivity index (χ0n) is 16.6. The summed E-state index contributed by atoms with van der Waals surface area (Å²) in [6.07, 6.45) is 6.92. The fourth-order valence-electron chi connectivity index (χ4n) is 3.16. The quantitative estimate of drug-likeness (QED) is 0.439. The fourth-order valence-corrected chi connectivity index (χ4v) is 3.16. The van der Waals surface area contributed by atoms with Gasteiger partial charge in [0.2, 0.25) is 0 Å². The van der Waals surface area contributed by atoms with Crippen molar-refractivity contribution in [1.82, 2.24) is 20.3 Å². The minimum atomic E-state index is -0.117. The zero-order chi connectivity index (χ0) is 20.6. The van der Waals surface area contributed by atoms with Gasteiger partial charge in [-0.15, -0.1) is 0 Å². The summed E-state index contributed by atoms with van der Waals surface area (Å²) in [6.45, 7) is 1.22. The van der Waals surface area contributed by atoms with Crippen LogP contribution in [0, 0.1) is 0 Å². The molecular weight excluding hydrogens is 374 g/mol. The Balaban J connectivity index is 1.25. The Morgan fingerprint density at radius 3 is 2.63 bits per heavy atom. The maximum absolute atomic E-state index is 12.3. The van der Waals surface area contributed by atoms with E-state index < -0.39 is 0 Å². The fraction of sp³-hybridized carbons (Fsp3) is 0.167. The van der Waals surface area contributed by atoms with Gasteiger partial charge in [0.05, 0.1) is 11.1 Å². The van der Waals surface area contributed by atoms with Crippen LogP contribution in [0.4, 0.5) is 5.82 Å². The van der Waals surface area contributed by atoms with Gasteiger partial charge >= 0.3 is 0 Å². The van der Waals surface area contributed by atoms with E-state index in [0.29, 0.717) is 18.7 Å². The Hall–Kier alpha value is -3.80. The number of rotatable bonds is 8. The van der Waals surface area contributed by atoms with E-state index >= 15 is 0 Å². The molecule has 0 atom stereocenters. The summed E-state index contributed by atoms with van der Waals surface area (Å²) in [4.78, 5) is 25.4. The first-order valence-corrected chi connectivity index (χ1v) is 10.00. The third-order valence-corrected chi connectivity index (χ3v) is 4.77. The van der Waals surface area contributed by atoms with Crippen LogP contribution in [0.1, 0.15) is 28.0 Å². The van der Waals surface area contributed by atoms with E-state index in [0.717, 1.165) is 40.8 Å². The van der Waals surface area contributed by atoms with Crippen molar-refractivity contribution in [3.8, 4) is 0 Å². The van der Waals surface area contributed by atoms with Gasteiger partial charge in [0.1, 0.15) is 5.82 Å². The molecule has 0 fully saturated rings. The molecule has 1 amide bonds. The van der Waals surface area contributed by atoms with Gasteiger partial charge in [-0.25, -0.2) is 4.98 Å². The van der Waals surface area contributed by atoms with E-state index in [-0.39, 0.29) is 5.91 Å². The molecule has 0 spiro atoms. The van der Waals surface area contributed by atoms with Crippen LogP contribution in [0.25, 0.3) is 10.9 Å². The highest BCUT2D eigenvalue weighted by molar-refractivity contribution is 5.94. The van der Waals surface area contributed by atoms with Crippen molar-refractivity contribution in [2.75, 3.05) is 11.9 Å². The first-order chi connectivity index (χ1) is 14.8. The minimum Gasteiger partial charge on any atom is -0.366 e. The number of nitrogens with one attached hydrogen (secondary N) is 2. The number of nitrogens with zero attached hydrogens (tertiary/aromatic N) is 3. The number of hydrogen-bond donors (Lipinski definition) is 2. The molecule has 1 aromatic carbocycles. The molecule has 0 bridgehead atoms. The first kappa shape index (κ1) is 19.5. The number of carbonyl (C=O) groups excluding carboxylic acids is 1. The molecule has 3 aromatic heterocycles. The van der Waals surface area contributed by atoms with Crippen LogP contribution in [-0.4, -0.2) is 27.4 Å². The molecule has 6 nitrogen and oxygen atoms in total. The van der Waals surface area contributed by atoms with Gasteiger partial charge in [-0.1, -0.05) is 24.3 Å². The van der Waals surface area contributed by atoms with E-state index in [4.69, 9.17) is 0 Å². The molecule has 30 heavy (non-hydrogen) atoms. The van der Waals surface area contributed by atoms with Crippen LogP contribution in [0.5, 0.6) is 0 Å². The average Bonchev–Trinajstić information content (AvgIpc) is 2.81. The molecular formula is C24H23N5O. The number of anilines is 1. The van der Waals surface area contributed by atoms with Crippen LogP contribution in [0.15, 0.2) is 79.3 Å². The first-order valence-electron chi connectivity index (χ1n) is 10.00. The van der Waals surface area contributed by atoms with Gasteiger partial charge in [-0.2, -0.15) is 0 Å². The number of pyridine rings is 3. The van der Waals surface area contributed by atoms with Crippen LogP contribution in [0.3, 0.4) is 0 Å². The van der Waals surface area contributed by atoms with Gasteiger partial charge in [0.15, 0.2) is 0 Å². The molecule has 6 heteroatoms. The van der Waals surface area contributed by atoms with Crippen molar-refractivity contribution >= 4 is 22.6 Å². The number of fused-ring (bicyclic) bond motifs is 1. The van der Waals surface area contributed by atoms with Gasteiger partial charge in [0, 0.05) is 42.8 Å². The second-order valence-electron chi connectivity index (χ2n) is 7.00. The predicted octanol–water partition coefficient (Wildman–Crippen LogP) is 4.00. The van der Waals surface area contributed by atoms with Crippen molar-refractivity contribution in [3.05, 3.63) is 96.1 Å². The van der Waals surface area contributed by atoms with Crippen LogP contribution < -0.4 is 10.6 Å². The summed E-state index contributed by atoms with van der Waals surface area (Å²) < 4.78 is 0. The lowest BCUT2D eigenvalue weighted by atomic mass is 10.1. The molecule has 0 unspecified atom stereocenters. The molecule has 0 radical (unpaired) electrons. The highest BCUT2D eigenvalue weighted by atomic mass is 16.1. The van der Waals surface area contributed by atoms with E-state index in [1.54, 1.807) is 18.5 Å². The van der Waals surface area contributed by atoms with Crippen LogP contribution in [-0.2, 0) is 13.0 Å². The minimum absolute atomic E-state index is 0.117. The Morgan fingerprint density at radius 2 is 1.80 bits per heavy atom. The number of hydrogen-bond acceptors (Lipinski definition) is 5. The molecule has 4 rings (SSSR count). The van der Waals surface area contributed by atoms with Gasteiger partial charge in [0.25, 0.3) is 5.91 Å². The standard InChI is InChI=1S/C24H23N5O/c30-24(26-13-5-8-21-7-3-4-12-25-21)20-10-11-23(29-17-20)28-16-18-14-19-6-1-2-9-22(19)27-15-18/h1-4,6-7,9-12,14-15,17H,5,8,13,16H2,(H,26,30)(H,28,29). The number of aromatic nitrogens is 3. The molecule has 4 aromatic rings. The molecule has 2 N–H and O–H groups in total. The lowest BCUT2D eigenvalue weighted by molar-refractivity contribution is 0.0953. The second kappa shape index (κ2) is 9.60. The van der Waals surface area contributed by atoms with Crippen LogP contribution >= 0.6 is 0 Å². The monoisotopic (exact) mass is 397 g/mol. The van der Waals surface area contributed by atoms with Crippen LogP contribution in [0.2, 0.25) is 0 Å². The lowest BCUT2D eigenvalue weighted by Crippen LogP contribution is -2.25. The molecule has 3 heterocycles. The SMILES string of the molecule is O=C(NCCCc1ccccn1)c1ccc(NCc2cnc3ccccc3c2)nc1. The highest BCUT2D eigenvalue weighted by Gasteiger charge is 2.06. The Labute approximate surface area is 175 Å². The molecule has 0 aliphatic rings. The summed E-state index contributed by atoms with van der Waals surface area (Å²) in [5.41, 5.74) is 3.64. The molecule has 0 saturated heterocycles. The summed E-state index contributed by atoms with van der Waals surface area (Å²) in [5, 5.41) is 7.31. The normalized spacial score (nSPS) is 10.7. The third kappa shape index (κ3) is 5.17. The Bertz CT molecular complexity index is 1110. The summed E-state index contributed by atoms with van der Waals surface area (Å²) >= 11 is 0. The second-order valence-corrected chi connectivity index (χ2v) is 7.00. The summed E-state index contributed by atoms with van der Waals surface area (Å²) in [7, 11) is 0. The van der Waals surface area contributed by atoms with Crippen molar-refractivity contribution in [2.45, 2.75) is 19.4 Å². The third-order valence-electron chi connectivity index (χ3n) is 4.77. The average molecular weight is 397 g/mol. The topological polar surface area (TPSA) is 79.8 Å². The molecule has 0 aliphatic heterocycles. The zero-order valence-corrected chi connectivity index (χ0v) is 16.6. The van der Waals surface area contributed by atoms with Crippen molar-refractivity contribution < 1.29 is 4.79 Å². The maximum atomic E-state index is 12.3. The molecule has 0 aliphatic carbocycles. The van der Waals surface area contributed by atoms with Gasteiger partial charge in [-0.3, -0.25) is 14.8 Å². The molecule has 0 saturated carbocycles. The van der Waals surface area contributed by atoms with Crippen molar-refractivity contribution in [2.24, 2.45) is 0 Å². The Kier molecular flexibility index (Phi) is 6.25. The lowest BCUT2D eigenvalue weighted by Gasteiger charge is -2.08.